The molecule has 3 heterocycles. The van der Waals surface area contributed by atoms with Gasteiger partial charge in [-0.2, -0.15) is 5.10 Å². The summed E-state index contributed by atoms with van der Waals surface area (Å²) in [6.45, 7) is 2.57. The summed E-state index contributed by atoms with van der Waals surface area (Å²) in [5, 5.41) is 9.98. The molecule has 1 aliphatic heterocycles. The Kier molecular flexibility index (Phi) is 5.81. The number of furan rings is 1. The number of rotatable bonds is 7. The van der Waals surface area contributed by atoms with Crippen LogP contribution in [0.25, 0.3) is 0 Å². The number of carbonyl (C=O) groups excluding carboxylic acids is 3. The highest BCUT2D eigenvalue weighted by atomic mass is 16.3. The van der Waals surface area contributed by atoms with E-state index in [2.05, 4.69) is 15.7 Å². The second kappa shape index (κ2) is 8.70. The van der Waals surface area contributed by atoms with Crippen LogP contribution in [0.2, 0.25) is 0 Å². The molecule has 1 aromatic carbocycles. The van der Waals surface area contributed by atoms with Crippen LogP contribution >= 0.6 is 0 Å². The van der Waals surface area contributed by atoms with Crippen LogP contribution in [0.3, 0.4) is 0 Å². The van der Waals surface area contributed by atoms with Gasteiger partial charge in [0.25, 0.3) is 11.8 Å². The third-order valence-electron chi connectivity index (χ3n) is 5.76. The van der Waals surface area contributed by atoms with Gasteiger partial charge in [0, 0.05) is 32.6 Å². The van der Waals surface area contributed by atoms with E-state index in [1.165, 1.54) is 15.6 Å². The van der Waals surface area contributed by atoms with Gasteiger partial charge in [-0.25, -0.2) is 0 Å². The van der Waals surface area contributed by atoms with Gasteiger partial charge in [0.2, 0.25) is 5.91 Å². The summed E-state index contributed by atoms with van der Waals surface area (Å²) < 4.78 is 6.68. The molecule has 166 valence electrons. The van der Waals surface area contributed by atoms with Crippen molar-refractivity contribution in [1.82, 2.24) is 25.3 Å². The predicted molar refractivity (Wildman–Crippen MR) is 116 cm³/mol. The molecule has 32 heavy (non-hydrogen) atoms. The Morgan fingerprint density at radius 1 is 1.16 bits per heavy atom. The summed E-state index contributed by atoms with van der Waals surface area (Å²) in [6.07, 6.45) is 2.13. The fraction of sp³-hybridized carbons (Fsp3) is 0.304. The summed E-state index contributed by atoms with van der Waals surface area (Å²) in [7, 11) is 1.59. The van der Waals surface area contributed by atoms with Crippen molar-refractivity contribution in [3.63, 3.8) is 0 Å². The van der Waals surface area contributed by atoms with Crippen LogP contribution in [0.4, 0.5) is 0 Å². The van der Waals surface area contributed by atoms with Crippen molar-refractivity contribution in [2.75, 3.05) is 13.6 Å². The summed E-state index contributed by atoms with van der Waals surface area (Å²) in [6, 6.07) is 14.6. The van der Waals surface area contributed by atoms with Gasteiger partial charge in [0.05, 0.1) is 12.8 Å². The van der Waals surface area contributed by atoms with Crippen LogP contribution in [-0.4, -0.2) is 51.5 Å². The van der Waals surface area contributed by atoms with E-state index in [4.69, 9.17) is 4.42 Å². The highest BCUT2D eigenvalue weighted by Gasteiger charge is 2.46. The molecule has 9 nitrogen and oxygen atoms in total. The Labute approximate surface area is 185 Å². The molecule has 3 aromatic rings. The molecule has 0 saturated carbocycles. The molecule has 1 unspecified atom stereocenters. The largest absolute Gasteiger partial charge is 0.469 e. The topological polar surface area (TPSA) is 109 Å². The van der Waals surface area contributed by atoms with E-state index in [1.807, 2.05) is 36.4 Å². The van der Waals surface area contributed by atoms with E-state index in [1.54, 1.807) is 26.3 Å². The van der Waals surface area contributed by atoms with Crippen molar-refractivity contribution in [3.8, 4) is 0 Å². The van der Waals surface area contributed by atoms with Gasteiger partial charge in [0.1, 0.15) is 17.0 Å². The lowest BCUT2D eigenvalue weighted by Crippen LogP contribution is -2.62. The average Bonchev–Trinajstić information content (AvgIpc) is 3.46. The number of aromatic nitrogens is 2. The minimum atomic E-state index is -1.14. The van der Waals surface area contributed by atoms with Crippen molar-refractivity contribution in [2.45, 2.75) is 32.0 Å². The van der Waals surface area contributed by atoms with Gasteiger partial charge in [-0.15, -0.1) is 0 Å². The van der Waals surface area contributed by atoms with Crippen molar-refractivity contribution in [1.29, 1.82) is 0 Å². The van der Waals surface area contributed by atoms with E-state index in [-0.39, 0.29) is 35.7 Å². The highest BCUT2D eigenvalue weighted by Crippen LogP contribution is 2.26. The van der Waals surface area contributed by atoms with Crippen LogP contribution in [0.1, 0.15) is 39.2 Å². The third kappa shape index (κ3) is 4.14. The molecule has 0 spiro atoms. The van der Waals surface area contributed by atoms with Crippen LogP contribution in [0.15, 0.2) is 59.2 Å². The zero-order valence-corrected chi connectivity index (χ0v) is 18.0. The molecule has 0 radical (unpaired) electrons. The van der Waals surface area contributed by atoms with Crippen LogP contribution < -0.4 is 10.6 Å². The Hall–Kier alpha value is -3.88. The van der Waals surface area contributed by atoms with E-state index < -0.39 is 5.54 Å². The zero-order valence-electron chi connectivity index (χ0n) is 18.0. The Morgan fingerprint density at radius 3 is 2.66 bits per heavy atom. The Balaban J connectivity index is 1.44. The number of hydrogen-bond acceptors (Lipinski definition) is 5. The third-order valence-corrected chi connectivity index (χ3v) is 5.76. The molecule has 0 saturated heterocycles. The lowest BCUT2D eigenvalue weighted by molar-refractivity contribution is -0.132. The fourth-order valence-electron chi connectivity index (χ4n) is 3.65. The second-order valence-electron chi connectivity index (χ2n) is 7.96. The molecule has 2 N–H and O–H groups in total. The molecule has 1 atom stereocenters. The van der Waals surface area contributed by atoms with Crippen molar-refractivity contribution < 1.29 is 18.8 Å². The molecule has 4 rings (SSSR count). The number of fused-ring (bicyclic) bond motifs is 1. The van der Waals surface area contributed by atoms with Crippen LogP contribution in [0, 0.1) is 0 Å². The summed E-state index contributed by atoms with van der Waals surface area (Å²) in [5.74, 6) is -0.272. The zero-order chi connectivity index (χ0) is 22.7. The Morgan fingerprint density at radius 2 is 1.94 bits per heavy atom. The van der Waals surface area contributed by atoms with Crippen molar-refractivity contribution in [3.05, 3.63) is 77.5 Å². The van der Waals surface area contributed by atoms with Gasteiger partial charge in [-0.05, 0) is 24.6 Å². The molecular formula is C23H25N5O4. The minimum absolute atomic E-state index is 0.134. The molecular weight excluding hydrogens is 410 g/mol. The van der Waals surface area contributed by atoms with Gasteiger partial charge in [-0.1, -0.05) is 30.3 Å². The van der Waals surface area contributed by atoms with Crippen LogP contribution in [0.5, 0.6) is 0 Å². The number of carbonyl (C=O) groups is 3. The molecule has 3 amide bonds. The first kappa shape index (κ1) is 21.4. The maximum atomic E-state index is 13.0. The number of hydrogen-bond donors (Lipinski definition) is 2. The first-order valence-electron chi connectivity index (χ1n) is 10.4. The lowest BCUT2D eigenvalue weighted by Gasteiger charge is -2.40. The molecule has 0 fully saturated rings. The van der Waals surface area contributed by atoms with Gasteiger partial charge in [-0.3, -0.25) is 19.1 Å². The minimum Gasteiger partial charge on any atom is -0.469 e. The van der Waals surface area contributed by atoms with Crippen LogP contribution in [-0.2, 0) is 24.3 Å². The number of benzene rings is 1. The van der Waals surface area contributed by atoms with Gasteiger partial charge in [0.15, 0.2) is 5.69 Å². The second-order valence-corrected chi connectivity index (χ2v) is 7.96. The molecule has 0 aliphatic carbocycles. The maximum Gasteiger partial charge on any atom is 0.272 e. The molecule has 0 bridgehead atoms. The quantitative estimate of drug-likeness (QED) is 0.586. The maximum absolute atomic E-state index is 13.0. The monoisotopic (exact) mass is 435 g/mol. The van der Waals surface area contributed by atoms with E-state index in [0.717, 1.165) is 11.3 Å². The summed E-state index contributed by atoms with van der Waals surface area (Å²) in [4.78, 5) is 39.9. The van der Waals surface area contributed by atoms with Crippen molar-refractivity contribution in [2.24, 2.45) is 0 Å². The number of likely N-dealkylation sites (N-methyl/N-ethyl adjacent to an activating group) is 1. The van der Waals surface area contributed by atoms with Gasteiger partial charge < -0.3 is 20.0 Å². The summed E-state index contributed by atoms with van der Waals surface area (Å²) in [5.41, 5.74) is 0.229. The highest BCUT2D eigenvalue weighted by molar-refractivity contribution is 6.01. The first-order valence-corrected chi connectivity index (χ1v) is 10.4. The molecule has 2 aromatic heterocycles. The van der Waals surface area contributed by atoms with E-state index in [9.17, 15) is 14.4 Å². The normalized spacial score (nSPS) is 17.7. The standard InChI is InChI=1S/C23H25N5O4/c1-23(22(31)25-14-16-7-4-3-5-8-16)15-28-19(21(30)27(23)2)13-18(26-28)20(29)24-11-10-17-9-6-12-32-17/h3-9,12-13H,10-11,14-15H2,1-2H3,(H,24,29)(H,25,31). The number of amides is 3. The summed E-state index contributed by atoms with van der Waals surface area (Å²) >= 11 is 0. The SMILES string of the molecule is CN1C(=O)c2cc(C(=O)NCCc3ccco3)nn2CC1(C)C(=O)NCc1ccccc1. The van der Waals surface area contributed by atoms with E-state index >= 15 is 0 Å². The lowest BCUT2D eigenvalue weighted by atomic mass is 9.96. The predicted octanol–water partition coefficient (Wildman–Crippen LogP) is 1.61. The number of nitrogens with zero attached hydrogens (tertiary/aromatic N) is 3. The van der Waals surface area contributed by atoms with Gasteiger partial charge >= 0.3 is 0 Å². The first-order chi connectivity index (χ1) is 15.4. The molecule has 9 heteroatoms. The molecule has 1 aliphatic rings. The number of nitrogens with one attached hydrogen (secondary N) is 2. The Bertz CT molecular complexity index is 1120. The average molecular weight is 435 g/mol. The fourth-order valence-corrected chi connectivity index (χ4v) is 3.65. The van der Waals surface area contributed by atoms with Crippen molar-refractivity contribution >= 4 is 17.7 Å². The van der Waals surface area contributed by atoms with E-state index in [0.29, 0.717) is 19.5 Å². The smallest absolute Gasteiger partial charge is 0.272 e.